The first-order chi connectivity index (χ1) is 10.1. The highest BCUT2D eigenvalue weighted by Crippen LogP contribution is 2.13. The second kappa shape index (κ2) is 5.51. The number of nitrogens with one attached hydrogen (secondary N) is 3. The predicted octanol–water partition coefficient (Wildman–Crippen LogP) is 0.639. The van der Waals surface area contributed by atoms with E-state index in [-0.39, 0.29) is 17.6 Å². The monoisotopic (exact) mass is 290 g/mol. The van der Waals surface area contributed by atoms with Crippen LogP contribution in [0.3, 0.4) is 0 Å². The fourth-order valence-corrected chi connectivity index (χ4v) is 2.39. The maximum atomic E-state index is 13.1. The predicted molar refractivity (Wildman–Crippen MR) is 73.9 cm³/mol. The number of hydrogen-bond acceptors (Lipinski definition) is 3. The van der Waals surface area contributed by atoms with Crippen molar-refractivity contribution in [1.82, 2.24) is 20.6 Å². The molecule has 0 saturated carbocycles. The number of H-pyrrole nitrogens is 1. The number of rotatable bonds is 4. The molecule has 21 heavy (non-hydrogen) atoms. The van der Waals surface area contributed by atoms with Crippen molar-refractivity contribution >= 4 is 22.8 Å². The maximum absolute atomic E-state index is 13.1. The van der Waals surface area contributed by atoms with Crippen LogP contribution in [0.5, 0.6) is 0 Å². The summed E-state index contributed by atoms with van der Waals surface area (Å²) in [6.07, 6.45) is 1.45. The van der Waals surface area contributed by atoms with E-state index >= 15 is 0 Å². The van der Waals surface area contributed by atoms with Gasteiger partial charge in [-0.25, -0.2) is 9.37 Å². The zero-order valence-corrected chi connectivity index (χ0v) is 11.3. The van der Waals surface area contributed by atoms with Gasteiger partial charge in [0.25, 0.3) is 0 Å². The highest BCUT2D eigenvalue weighted by atomic mass is 19.1. The van der Waals surface area contributed by atoms with Crippen molar-refractivity contribution in [2.45, 2.75) is 25.3 Å². The van der Waals surface area contributed by atoms with E-state index < -0.39 is 6.04 Å². The van der Waals surface area contributed by atoms with Crippen molar-refractivity contribution in [2.24, 2.45) is 0 Å². The minimum absolute atomic E-state index is 0.0885. The summed E-state index contributed by atoms with van der Waals surface area (Å²) in [5.41, 5.74) is 1.33. The van der Waals surface area contributed by atoms with Gasteiger partial charge in [0.1, 0.15) is 17.7 Å². The zero-order valence-electron chi connectivity index (χ0n) is 11.3. The van der Waals surface area contributed by atoms with Gasteiger partial charge >= 0.3 is 0 Å². The van der Waals surface area contributed by atoms with Gasteiger partial charge in [0, 0.05) is 19.4 Å². The molecule has 2 heterocycles. The Hall–Kier alpha value is -2.44. The molecule has 1 aliphatic rings. The summed E-state index contributed by atoms with van der Waals surface area (Å²) in [7, 11) is 0. The summed E-state index contributed by atoms with van der Waals surface area (Å²) in [6.45, 7) is 0.410. The van der Waals surface area contributed by atoms with Gasteiger partial charge in [-0.3, -0.25) is 9.59 Å². The molecular weight excluding hydrogens is 275 g/mol. The van der Waals surface area contributed by atoms with Gasteiger partial charge in [-0.05, 0) is 24.6 Å². The van der Waals surface area contributed by atoms with Gasteiger partial charge in [0.05, 0.1) is 11.0 Å². The van der Waals surface area contributed by atoms with E-state index in [1.54, 1.807) is 6.07 Å². The summed E-state index contributed by atoms with van der Waals surface area (Å²) < 4.78 is 13.1. The van der Waals surface area contributed by atoms with Crippen molar-refractivity contribution in [2.75, 3.05) is 6.54 Å². The first kappa shape index (κ1) is 13.5. The van der Waals surface area contributed by atoms with E-state index in [4.69, 9.17) is 0 Å². The lowest BCUT2D eigenvalue weighted by Crippen LogP contribution is -2.42. The third-order valence-electron chi connectivity index (χ3n) is 3.47. The van der Waals surface area contributed by atoms with Crippen molar-refractivity contribution in [1.29, 1.82) is 0 Å². The summed E-state index contributed by atoms with van der Waals surface area (Å²) in [6, 6.07) is 3.93. The molecular formula is C14H15FN4O2. The van der Waals surface area contributed by atoms with E-state index in [9.17, 15) is 14.0 Å². The molecule has 1 atom stereocenters. The Kier molecular flexibility index (Phi) is 3.55. The molecule has 2 aromatic rings. The number of carbonyl (C=O) groups excluding carboxylic acids is 2. The molecule has 0 radical (unpaired) electrons. The highest BCUT2D eigenvalue weighted by Gasteiger charge is 2.26. The minimum atomic E-state index is -0.428. The van der Waals surface area contributed by atoms with Crippen molar-refractivity contribution in [3.8, 4) is 0 Å². The fourth-order valence-electron chi connectivity index (χ4n) is 2.39. The second-order valence-corrected chi connectivity index (χ2v) is 5.04. The number of imidazole rings is 1. The fraction of sp³-hybridized carbons (Fsp3) is 0.357. The molecule has 3 N–H and O–H groups in total. The van der Waals surface area contributed by atoms with Crippen LogP contribution in [0.4, 0.5) is 4.39 Å². The van der Waals surface area contributed by atoms with Crippen LogP contribution in [0.1, 0.15) is 18.7 Å². The second-order valence-electron chi connectivity index (χ2n) is 5.04. The molecule has 1 aromatic heterocycles. The Balaban J connectivity index is 1.54. The molecule has 6 nitrogen and oxygen atoms in total. The lowest BCUT2D eigenvalue weighted by Gasteiger charge is -2.09. The van der Waals surface area contributed by atoms with Gasteiger partial charge in [0.15, 0.2) is 0 Å². The Bertz CT molecular complexity index is 697. The van der Waals surface area contributed by atoms with Crippen LogP contribution >= 0.6 is 0 Å². The van der Waals surface area contributed by atoms with E-state index in [1.807, 2.05) is 0 Å². The number of hydrogen-bond donors (Lipinski definition) is 3. The van der Waals surface area contributed by atoms with E-state index in [0.717, 1.165) is 0 Å². The van der Waals surface area contributed by atoms with Gasteiger partial charge in [-0.1, -0.05) is 0 Å². The number of fused-ring (bicyclic) bond motifs is 1. The third kappa shape index (κ3) is 3.01. The average molecular weight is 290 g/mol. The van der Waals surface area contributed by atoms with Crippen LogP contribution in [0, 0.1) is 5.82 Å². The molecule has 0 aliphatic carbocycles. The van der Waals surface area contributed by atoms with Gasteiger partial charge in [0.2, 0.25) is 11.8 Å². The standard InChI is InChI=1S/C14H15FN4O2/c15-8-1-2-9-11(7-8)18-12(17-9)5-6-16-14(21)10-3-4-13(20)19-10/h1-2,7,10H,3-6H2,(H,16,21)(H,17,18)(H,19,20)/t10-/m0/s1. The molecule has 0 bridgehead atoms. The van der Waals surface area contributed by atoms with Crippen molar-refractivity contribution < 1.29 is 14.0 Å². The number of aromatic amines is 1. The number of aromatic nitrogens is 2. The molecule has 2 amide bonds. The van der Waals surface area contributed by atoms with Gasteiger partial charge in [-0.2, -0.15) is 0 Å². The van der Waals surface area contributed by atoms with Crippen LogP contribution in [0.15, 0.2) is 18.2 Å². The average Bonchev–Trinajstić information content (AvgIpc) is 3.04. The first-order valence-corrected chi connectivity index (χ1v) is 6.83. The third-order valence-corrected chi connectivity index (χ3v) is 3.47. The summed E-state index contributed by atoms with van der Waals surface area (Å²) in [4.78, 5) is 30.2. The number of carbonyl (C=O) groups is 2. The van der Waals surface area contributed by atoms with Crippen molar-refractivity contribution in [3.63, 3.8) is 0 Å². The zero-order chi connectivity index (χ0) is 14.8. The van der Waals surface area contributed by atoms with Crippen LogP contribution in [-0.4, -0.2) is 34.4 Å². The Morgan fingerprint density at radius 2 is 2.33 bits per heavy atom. The molecule has 0 unspecified atom stereocenters. The van der Waals surface area contributed by atoms with Gasteiger partial charge < -0.3 is 15.6 Å². The largest absolute Gasteiger partial charge is 0.354 e. The van der Waals surface area contributed by atoms with E-state index in [1.165, 1.54) is 12.1 Å². The summed E-state index contributed by atoms with van der Waals surface area (Å²) in [5.74, 6) is 0.104. The van der Waals surface area contributed by atoms with Gasteiger partial charge in [-0.15, -0.1) is 0 Å². The molecule has 1 saturated heterocycles. The van der Waals surface area contributed by atoms with Crippen molar-refractivity contribution in [3.05, 3.63) is 29.8 Å². The van der Waals surface area contributed by atoms with E-state index in [0.29, 0.717) is 42.7 Å². The lowest BCUT2D eigenvalue weighted by molar-refractivity contribution is -0.125. The van der Waals surface area contributed by atoms with Crippen LogP contribution in [0.2, 0.25) is 0 Å². The lowest BCUT2D eigenvalue weighted by atomic mass is 10.2. The molecule has 7 heteroatoms. The molecule has 1 aromatic carbocycles. The molecule has 0 spiro atoms. The highest BCUT2D eigenvalue weighted by molar-refractivity contribution is 5.90. The molecule has 1 fully saturated rings. The summed E-state index contributed by atoms with van der Waals surface area (Å²) >= 11 is 0. The Morgan fingerprint density at radius 1 is 1.48 bits per heavy atom. The Morgan fingerprint density at radius 3 is 3.10 bits per heavy atom. The van der Waals surface area contributed by atoms with E-state index in [2.05, 4.69) is 20.6 Å². The SMILES string of the molecule is O=C1CC[C@@H](C(=O)NCCc2nc3ccc(F)cc3[nH]2)N1. The molecule has 1 aliphatic heterocycles. The molecule has 110 valence electrons. The first-order valence-electron chi connectivity index (χ1n) is 6.83. The number of benzene rings is 1. The smallest absolute Gasteiger partial charge is 0.242 e. The molecule has 3 rings (SSSR count). The van der Waals surface area contributed by atoms with Crippen LogP contribution < -0.4 is 10.6 Å². The van der Waals surface area contributed by atoms with Crippen LogP contribution in [-0.2, 0) is 16.0 Å². The topological polar surface area (TPSA) is 86.9 Å². The number of amides is 2. The number of halogens is 1. The quantitative estimate of drug-likeness (QED) is 0.772. The Labute approximate surface area is 120 Å². The van der Waals surface area contributed by atoms with Crippen LogP contribution in [0.25, 0.3) is 11.0 Å². The summed E-state index contributed by atoms with van der Waals surface area (Å²) in [5, 5.41) is 5.38. The number of nitrogens with zero attached hydrogens (tertiary/aromatic N) is 1. The maximum Gasteiger partial charge on any atom is 0.242 e. The minimum Gasteiger partial charge on any atom is -0.354 e. The normalized spacial score (nSPS) is 18.0.